The maximum Gasteiger partial charge on any atom is 0.335 e. The van der Waals surface area contributed by atoms with Gasteiger partial charge in [0.25, 0.3) is 0 Å². The Hall–Kier alpha value is -1.49. The quantitative estimate of drug-likeness (QED) is 0.316. The molecule has 37 heavy (non-hydrogen) atoms. The molecule has 0 amide bonds. The van der Waals surface area contributed by atoms with Gasteiger partial charge in [-0.3, -0.25) is 0 Å². The minimum absolute atomic E-state index is 0.0401. The van der Waals surface area contributed by atoms with Crippen LogP contribution in [0.25, 0.3) is 0 Å². The Morgan fingerprint density at radius 3 is 2.05 bits per heavy atom. The van der Waals surface area contributed by atoms with Gasteiger partial charge in [0, 0.05) is 6.42 Å². The third-order valence-corrected chi connectivity index (χ3v) is 18.3. The van der Waals surface area contributed by atoms with Crippen LogP contribution < -0.4 is 4.74 Å². The summed E-state index contributed by atoms with van der Waals surface area (Å²) >= 11 is 0. The zero-order valence-electron chi connectivity index (χ0n) is 23.9. The number of hydrogen-bond acceptors (Lipinski definition) is 5. The zero-order valence-corrected chi connectivity index (χ0v) is 25.9. The first kappa shape index (κ1) is 28.5. The van der Waals surface area contributed by atoms with Crippen LogP contribution in [-0.4, -0.2) is 35.9 Å². The molecule has 0 bridgehead atoms. The average molecular weight is 543 g/mol. The van der Waals surface area contributed by atoms with Crippen molar-refractivity contribution in [2.45, 2.75) is 109 Å². The first-order valence-corrected chi connectivity index (χ1v) is 18.0. The van der Waals surface area contributed by atoms with E-state index < -0.39 is 17.1 Å². The first-order valence-electron chi connectivity index (χ1n) is 14.0. The molecule has 2 fully saturated rings. The second-order valence-electron chi connectivity index (χ2n) is 11.9. The smallest absolute Gasteiger partial charge is 0.335 e. The van der Waals surface area contributed by atoms with Crippen molar-refractivity contribution in [3.63, 3.8) is 0 Å². The van der Waals surface area contributed by atoms with E-state index in [4.69, 9.17) is 22.4 Å². The Morgan fingerprint density at radius 1 is 0.784 bits per heavy atom. The van der Waals surface area contributed by atoms with Gasteiger partial charge in [-0.1, -0.05) is 97.9 Å². The van der Waals surface area contributed by atoms with E-state index >= 15 is 0 Å². The lowest BCUT2D eigenvalue weighted by Crippen LogP contribution is -2.65. The van der Waals surface area contributed by atoms with Gasteiger partial charge in [-0.05, 0) is 45.4 Å². The van der Waals surface area contributed by atoms with Crippen molar-refractivity contribution in [3.05, 3.63) is 65.7 Å². The molecular weight excluding hydrogens is 496 g/mol. The van der Waals surface area contributed by atoms with Crippen LogP contribution in [-0.2, 0) is 24.3 Å². The average Bonchev–Trinajstić information content (AvgIpc) is 3.25. The summed E-state index contributed by atoms with van der Waals surface area (Å²) in [6.45, 7) is 19.2. The van der Waals surface area contributed by atoms with Crippen molar-refractivity contribution < 1.29 is 22.4 Å². The highest BCUT2D eigenvalue weighted by atomic mass is 28.5. The summed E-state index contributed by atoms with van der Waals surface area (Å²) in [6.07, 6.45) is 0.599. The molecule has 204 valence electrons. The number of ether oxygens (including phenoxy) is 2. The second kappa shape index (κ2) is 11.7. The van der Waals surface area contributed by atoms with E-state index in [1.807, 2.05) is 24.3 Å². The van der Waals surface area contributed by atoms with Gasteiger partial charge in [-0.25, -0.2) is 0 Å². The highest BCUT2D eigenvalue weighted by molar-refractivity contribution is 6.83. The first-order chi connectivity index (χ1) is 17.6. The fourth-order valence-electron chi connectivity index (χ4n) is 5.91. The molecule has 0 aliphatic carbocycles. The Bertz CT molecular complexity index is 994. The number of fused-ring (bicyclic) bond motifs is 1. The van der Waals surface area contributed by atoms with Gasteiger partial charge in [0.1, 0.15) is 18.5 Å². The molecule has 2 aromatic rings. The minimum Gasteiger partial charge on any atom is -0.489 e. The standard InChI is InChI=1S/C30H46O5Si2/c1-21(2)36(22(3)4)32-20-30-29(34-37(35-36,23(5)6)24(7)8)18-28(33-30)26-15-12-16-27(17-26)31-19-25-13-10-9-11-14-25/h9-17,21-24,28-30H,18-20H2,1-8H3/t28-,29+,30-/m1/s1. The van der Waals surface area contributed by atoms with Gasteiger partial charge in [0.15, 0.2) is 0 Å². The Labute approximate surface area is 226 Å². The summed E-state index contributed by atoms with van der Waals surface area (Å²) in [7, 11) is -5.18. The van der Waals surface area contributed by atoms with Crippen LogP contribution >= 0.6 is 0 Å². The fraction of sp³-hybridized carbons (Fsp3) is 0.600. The molecule has 2 aliphatic heterocycles. The lowest BCUT2D eigenvalue weighted by Gasteiger charge is -2.51. The Balaban J connectivity index is 1.58. The van der Waals surface area contributed by atoms with Crippen molar-refractivity contribution in [1.82, 2.24) is 0 Å². The van der Waals surface area contributed by atoms with E-state index in [9.17, 15) is 0 Å². The van der Waals surface area contributed by atoms with Crippen LogP contribution in [0.4, 0.5) is 0 Å². The Kier molecular flexibility index (Phi) is 9.03. The molecule has 2 aliphatic rings. The molecule has 0 spiro atoms. The van der Waals surface area contributed by atoms with Gasteiger partial charge >= 0.3 is 17.1 Å². The third-order valence-electron chi connectivity index (χ3n) is 8.03. The fourth-order valence-corrected chi connectivity index (χ4v) is 17.1. The SMILES string of the molecule is CC(C)[Si]1(C(C)C)OC[C@H]2O[C@@H](c3cccc(OCc4ccccc4)c3)C[C@@H]2O[Si](C(C)C)(C(C)C)O1. The molecule has 2 heterocycles. The lowest BCUT2D eigenvalue weighted by atomic mass is 10.0. The van der Waals surface area contributed by atoms with Gasteiger partial charge < -0.3 is 22.4 Å². The summed E-state index contributed by atoms with van der Waals surface area (Å²) in [4.78, 5) is 0. The molecule has 5 nitrogen and oxygen atoms in total. The predicted molar refractivity (Wildman–Crippen MR) is 153 cm³/mol. The summed E-state index contributed by atoms with van der Waals surface area (Å²) in [5.41, 5.74) is 3.56. The molecule has 7 heteroatoms. The molecule has 0 aromatic heterocycles. The van der Waals surface area contributed by atoms with Gasteiger partial charge in [-0.2, -0.15) is 0 Å². The Morgan fingerprint density at radius 2 is 1.43 bits per heavy atom. The monoisotopic (exact) mass is 542 g/mol. The lowest BCUT2D eigenvalue weighted by molar-refractivity contribution is -0.0386. The molecule has 0 saturated carbocycles. The van der Waals surface area contributed by atoms with Gasteiger partial charge in [-0.15, -0.1) is 0 Å². The summed E-state index contributed by atoms with van der Waals surface area (Å²) < 4.78 is 34.2. The number of rotatable bonds is 8. The highest BCUT2D eigenvalue weighted by Gasteiger charge is 2.60. The van der Waals surface area contributed by atoms with E-state index in [1.165, 1.54) is 0 Å². The van der Waals surface area contributed by atoms with Crippen molar-refractivity contribution in [2.24, 2.45) is 0 Å². The summed E-state index contributed by atoms with van der Waals surface area (Å²) in [6, 6.07) is 18.6. The molecule has 4 rings (SSSR count). The highest BCUT2D eigenvalue weighted by Crippen LogP contribution is 2.48. The number of hydrogen-bond donors (Lipinski definition) is 0. The maximum atomic E-state index is 7.31. The van der Waals surface area contributed by atoms with E-state index in [-0.39, 0.29) is 18.3 Å². The largest absolute Gasteiger partial charge is 0.489 e. The molecule has 0 radical (unpaired) electrons. The van der Waals surface area contributed by atoms with Crippen LogP contribution in [0.3, 0.4) is 0 Å². The predicted octanol–water partition coefficient (Wildman–Crippen LogP) is 8.05. The van der Waals surface area contributed by atoms with Crippen LogP contribution in [0, 0.1) is 0 Å². The van der Waals surface area contributed by atoms with Crippen LogP contribution in [0.1, 0.15) is 79.0 Å². The van der Waals surface area contributed by atoms with Crippen molar-refractivity contribution in [3.8, 4) is 5.75 Å². The molecule has 3 atom stereocenters. The van der Waals surface area contributed by atoms with E-state index in [2.05, 4.69) is 85.7 Å². The van der Waals surface area contributed by atoms with E-state index in [0.717, 1.165) is 23.3 Å². The van der Waals surface area contributed by atoms with E-state index in [0.29, 0.717) is 35.4 Å². The summed E-state index contributed by atoms with van der Waals surface area (Å²) in [5.74, 6) is 0.855. The van der Waals surface area contributed by atoms with Crippen LogP contribution in [0.15, 0.2) is 54.6 Å². The summed E-state index contributed by atoms with van der Waals surface area (Å²) in [5, 5.41) is 0. The molecule has 2 saturated heterocycles. The molecule has 0 unspecified atom stereocenters. The van der Waals surface area contributed by atoms with Crippen LogP contribution in [0.5, 0.6) is 5.75 Å². The van der Waals surface area contributed by atoms with E-state index in [1.54, 1.807) is 0 Å². The topological polar surface area (TPSA) is 46.2 Å². The van der Waals surface area contributed by atoms with Crippen molar-refractivity contribution >= 4 is 17.1 Å². The molecule has 0 N–H and O–H groups in total. The van der Waals surface area contributed by atoms with Gasteiger partial charge in [0.2, 0.25) is 0 Å². The van der Waals surface area contributed by atoms with Crippen LogP contribution in [0.2, 0.25) is 22.2 Å². The normalized spacial score (nSPS) is 25.4. The molecular formula is C30H46O5Si2. The minimum atomic E-state index is -2.63. The molecule has 2 aromatic carbocycles. The zero-order chi connectivity index (χ0) is 26.8. The van der Waals surface area contributed by atoms with Crippen molar-refractivity contribution in [2.75, 3.05) is 6.61 Å². The van der Waals surface area contributed by atoms with Gasteiger partial charge in [0.05, 0.1) is 18.8 Å². The number of benzene rings is 2. The third kappa shape index (κ3) is 5.92. The van der Waals surface area contributed by atoms with Crippen molar-refractivity contribution in [1.29, 1.82) is 0 Å². The maximum absolute atomic E-state index is 7.31. The second-order valence-corrected chi connectivity index (χ2v) is 20.7.